The van der Waals surface area contributed by atoms with E-state index in [0.29, 0.717) is 28.2 Å². The second-order valence-corrected chi connectivity index (χ2v) is 7.06. The zero-order chi connectivity index (χ0) is 21.1. The number of halogens is 1. The molecule has 3 aromatic carbocycles. The summed E-state index contributed by atoms with van der Waals surface area (Å²) in [7, 11) is 1.54. The standard InChI is InChI=1S/C24H20FNO4/c1-26(14-16-8-2-5-11-19(16)25)22(27)15-29-24(28)23-17-9-3-6-12-20(17)30-21-13-7-4-10-18(21)23/h2-13,23H,14-15H2,1H3. The summed E-state index contributed by atoms with van der Waals surface area (Å²) >= 11 is 0. The predicted molar refractivity (Wildman–Crippen MR) is 109 cm³/mol. The number of benzene rings is 3. The summed E-state index contributed by atoms with van der Waals surface area (Å²) in [6.45, 7) is -0.336. The van der Waals surface area contributed by atoms with E-state index in [1.54, 1.807) is 37.4 Å². The Morgan fingerprint density at radius 2 is 1.50 bits per heavy atom. The van der Waals surface area contributed by atoms with Crippen molar-refractivity contribution in [3.05, 3.63) is 95.3 Å². The van der Waals surface area contributed by atoms with Crippen LogP contribution in [0.4, 0.5) is 4.39 Å². The molecular formula is C24H20FNO4. The third kappa shape index (κ3) is 3.89. The van der Waals surface area contributed by atoms with Crippen LogP contribution in [-0.2, 0) is 20.9 Å². The van der Waals surface area contributed by atoms with E-state index in [0.717, 1.165) is 0 Å². The number of rotatable bonds is 5. The molecule has 5 nitrogen and oxygen atoms in total. The molecule has 6 heteroatoms. The number of hydrogen-bond acceptors (Lipinski definition) is 4. The number of carbonyl (C=O) groups is 2. The van der Waals surface area contributed by atoms with Crippen LogP contribution in [0.5, 0.6) is 11.5 Å². The minimum absolute atomic E-state index is 0.0893. The highest BCUT2D eigenvalue weighted by atomic mass is 19.1. The first-order chi connectivity index (χ1) is 14.5. The molecule has 1 aliphatic rings. The van der Waals surface area contributed by atoms with Gasteiger partial charge in [-0.2, -0.15) is 0 Å². The maximum absolute atomic E-state index is 13.8. The van der Waals surface area contributed by atoms with E-state index >= 15 is 0 Å². The molecule has 3 aromatic rings. The topological polar surface area (TPSA) is 55.8 Å². The average molecular weight is 405 g/mol. The van der Waals surface area contributed by atoms with Gasteiger partial charge in [0.2, 0.25) is 0 Å². The Kier molecular flexibility index (Phi) is 5.48. The lowest BCUT2D eigenvalue weighted by atomic mass is 9.88. The fraction of sp³-hybridized carbons (Fsp3) is 0.167. The molecule has 1 aliphatic heterocycles. The van der Waals surface area contributed by atoms with Gasteiger partial charge in [-0.25, -0.2) is 4.39 Å². The van der Waals surface area contributed by atoms with Crippen molar-refractivity contribution in [2.24, 2.45) is 0 Å². The molecule has 0 atom stereocenters. The number of ether oxygens (including phenoxy) is 2. The maximum atomic E-state index is 13.8. The fourth-order valence-corrected chi connectivity index (χ4v) is 3.46. The van der Waals surface area contributed by atoms with Gasteiger partial charge in [-0.15, -0.1) is 0 Å². The van der Waals surface area contributed by atoms with Crippen LogP contribution in [0.3, 0.4) is 0 Å². The van der Waals surface area contributed by atoms with Gasteiger partial charge in [0.05, 0.1) is 0 Å². The van der Waals surface area contributed by atoms with Crippen LogP contribution in [-0.4, -0.2) is 30.4 Å². The zero-order valence-electron chi connectivity index (χ0n) is 16.4. The van der Waals surface area contributed by atoms with Crippen molar-refractivity contribution < 1.29 is 23.5 Å². The number of likely N-dealkylation sites (N-methyl/N-ethyl adjacent to an activating group) is 1. The van der Waals surface area contributed by atoms with E-state index in [1.165, 1.54) is 11.0 Å². The van der Waals surface area contributed by atoms with E-state index in [9.17, 15) is 14.0 Å². The highest BCUT2D eigenvalue weighted by Gasteiger charge is 2.34. The lowest BCUT2D eigenvalue weighted by Gasteiger charge is -2.27. The molecule has 0 radical (unpaired) electrons. The van der Waals surface area contributed by atoms with Crippen molar-refractivity contribution in [2.45, 2.75) is 12.5 Å². The second-order valence-electron chi connectivity index (χ2n) is 7.06. The van der Waals surface area contributed by atoms with Crippen LogP contribution in [0.1, 0.15) is 22.6 Å². The van der Waals surface area contributed by atoms with E-state index in [1.807, 2.05) is 36.4 Å². The summed E-state index contributed by atoms with van der Waals surface area (Å²) in [5.74, 6) is -0.853. The third-order valence-electron chi connectivity index (χ3n) is 5.04. The van der Waals surface area contributed by atoms with Crippen LogP contribution in [0.15, 0.2) is 72.8 Å². The highest BCUT2D eigenvalue weighted by molar-refractivity contribution is 5.87. The van der Waals surface area contributed by atoms with Gasteiger partial charge in [-0.05, 0) is 18.2 Å². The van der Waals surface area contributed by atoms with Gasteiger partial charge in [0.1, 0.15) is 23.2 Å². The molecule has 4 rings (SSSR count). The SMILES string of the molecule is CN(Cc1ccccc1F)C(=O)COC(=O)C1c2ccccc2Oc2ccccc21. The minimum Gasteiger partial charge on any atom is -0.457 e. The summed E-state index contributed by atoms with van der Waals surface area (Å²) in [6, 6.07) is 20.8. The molecule has 0 N–H and O–H groups in total. The van der Waals surface area contributed by atoms with Gasteiger partial charge >= 0.3 is 5.97 Å². The molecular weight excluding hydrogens is 385 g/mol. The number of nitrogens with zero attached hydrogens (tertiary/aromatic N) is 1. The summed E-state index contributed by atoms with van der Waals surface area (Å²) in [4.78, 5) is 26.7. The monoisotopic (exact) mass is 405 g/mol. The maximum Gasteiger partial charge on any atom is 0.318 e. The fourth-order valence-electron chi connectivity index (χ4n) is 3.46. The number of fused-ring (bicyclic) bond motifs is 2. The third-order valence-corrected chi connectivity index (χ3v) is 5.04. The van der Waals surface area contributed by atoms with Gasteiger partial charge in [0.15, 0.2) is 6.61 Å². The average Bonchev–Trinajstić information content (AvgIpc) is 2.77. The Hall–Kier alpha value is -3.67. The van der Waals surface area contributed by atoms with E-state index in [2.05, 4.69) is 0 Å². The van der Waals surface area contributed by atoms with Crippen molar-refractivity contribution in [1.29, 1.82) is 0 Å². The van der Waals surface area contributed by atoms with Crippen LogP contribution < -0.4 is 4.74 Å². The van der Waals surface area contributed by atoms with Gasteiger partial charge in [0, 0.05) is 30.3 Å². The van der Waals surface area contributed by atoms with Gasteiger partial charge < -0.3 is 14.4 Å². The van der Waals surface area contributed by atoms with Crippen molar-refractivity contribution in [3.63, 3.8) is 0 Å². The molecule has 0 spiro atoms. The molecule has 0 aromatic heterocycles. The molecule has 0 fully saturated rings. The molecule has 0 bridgehead atoms. The predicted octanol–water partition coefficient (Wildman–Crippen LogP) is 4.27. The largest absolute Gasteiger partial charge is 0.457 e. The number of para-hydroxylation sites is 2. The molecule has 152 valence electrons. The van der Waals surface area contributed by atoms with Crippen molar-refractivity contribution >= 4 is 11.9 Å². The number of esters is 1. The summed E-state index contributed by atoms with van der Waals surface area (Å²) in [6.07, 6.45) is 0. The smallest absolute Gasteiger partial charge is 0.318 e. The minimum atomic E-state index is -0.684. The molecule has 1 heterocycles. The Morgan fingerprint density at radius 3 is 2.13 bits per heavy atom. The van der Waals surface area contributed by atoms with Crippen molar-refractivity contribution in [3.8, 4) is 11.5 Å². The Labute approximate surface area is 173 Å². The number of amides is 1. The first-order valence-corrected chi connectivity index (χ1v) is 9.54. The normalized spacial score (nSPS) is 12.3. The van der Waals surface area contributed by atoms with Crippen LogP contribution in [0.2, 0.25) is 0 Å². The van der Waals surface area contributed by atoms with Crippen LogP contribution in [0.25, 0.3) is 0 Å². The lowest BCUT2D eigenvalue weighted by Crippen LogP contribution is -2.32. The Balaban J connectivity index is 1.47. The molecule has 0 saturated heterocycles. The van der Waals surface area contributed by atoms with Gasteiger partial charge in [-0.3, -0.25) is 9.59 Å². The Morgan fingerprint density at radius 1 is 0.933 bits per heavy atom. The zero-order valence-corrected chi connectivity index (χ0v) is 16.4. The summed E-state index contributed by atoms with van der Waals surface area (Å²) in [5, 5.41) is 0. The van der Waals surface area contributed by atoms with Crippen LogP contribution in [0, 0.1) is 5.82 Å². The van der Waals surface area contributed by atoms with Crippen molar-refractivity contribution in [2.75, 3.05) is 13.7 Å². The Bertz CT molecular complexity index is 1050. The molecule has 0 aliphatic carbocycles. The first-order valence-electron chi connectivity index (χ1n) is 9.54. The van der Waals surface area contributed by atoms with E-state index < -0.39 is 24.4 Å². The van der Waals surface area contributed by atoms with Crippen LogP contribution >= 0.6 is 0 Å². The first kappa shape index (κ1) is 19.6. The highest BCUT2D eigenvalue weighted by Crippen LogP contribution is 2.44. The summed E-state index contributed by atoms with van der Waals surface area (Å²) in [5.41, 5.74) is 1.77. The van der Waals surface area contributed by atoms with E-state index in [4.69, 9.17) is 9.47 Å². The molecule has 1 amide bonds. The van der Waals surface area contributed by atoms with Crippen molar-refractivity contribution in [1.82, 2.24) is 4.90 Å². The quantitative estimate of drug-likeness (QED) is 0.595. The lowest BCUT2D eigenvalue weighted by molar-refractivity contribution is -0.152. The number of hydrogen-bond donors (Lipinski definition) is 0. The summed E-state index contributed by atoms with van der Waals surface area (Å²) < 4.78 is 25.1. The molecule has 30 heavy (non-hydrogen) atoms. The van der Waals surface area contributed by atoms with E-state index in [-0.39, 0.29) is 12.4 Å². The van der Waals surface area contributed by atoms with Gasteiger partial charge in [0.25, 0.3) is 5.91 Å². The molecule has 0 saturated carbocycles. The second kappa shape index (κ2) is 8.37. The van der Waals surface area contributed by atoms with Gasteiger partial charge in [-0.1, -0.05) is 54.6 Å². The molecule has 0 unspecified atom stereocenters. The number of carbonyl (C=O) groups excluding carboxylic acids is 2.